The van der Waals surface area contributed by atoms with Crippen molar-refractivity contribution in [1.82, 2.24) is 0 Å². The number of nitrogens with zero attached hydrogens (tertiary/aromatic N) is 2. The molecule has 0 unspecified atom stereocenters. The largest absolute Gasteiger partial charge is 0.497 e. The first-order valence-corrected chi connectivity index (χ1v) is 17.1. The van der Waals surface area contributed by atoms with Crippen LogP contribution in [0.2, 0.25) is 0 Å². The van der Waals surface area contributed by atoms with E-state index in [1.165, 1.54) is 11.1 Å². The number of methoxy groups -OCH3 is 1. The van der Waals surface area contributed by atoms with Crippen LogP contribution in [0.15, 0.2) is 131 Å². The second kappa shape index (κ2) is 12.3. The Bertz CT molecular complexity index is 1970. The van der Waals surface area contributed by atoms with Gasteiger partial charge in [-0.05, 0) is 85.3 Å². The zero-order chi connectivity index (χ0) is 32.5. The quantitative estimate of drug-likeness (QED) is 0.154. The van der Waals surface area contributed by atoms with E-state index in [9.17, 15) is 8.42 Å². The van der Waals surface area contributed by atoms with Gasteiger partial charge in [-0.3, -0.25) is 0 Å². The van der Waals surface area contributed by atoms with Crippen LogP contribution in [-0.2, 0) is 33.9 Å². The molecule has 1 aliphatic rings. The summed E-state index contributed by atoms with van der Waals surface area (Å²) in [4.78, 5) is 2.49. The molecular weight excluding hydrogens is 589 g/mol. The lowest BCUT2D eigenvalue weighted by molar-refractivity contribution is 0.385. The van der Waals surface area contributed by atoms with E-state index in [1.807, 2.05) is 31.2 Å². The van der Waals surface area contributed by atoms with E-state index in [0.717, 1.165) is 45.7 Å². The molecule has 5 aromatic rings. The molecule has 1 aliphatic heterocycles. The number of sulfonamides is 1. The molecule has 46 heavy (non-hydrogen) atoms. The van der Waals surface area contributed by atoms with Gasteiger partial charge in [-0.15, -0.1) is 0 Å². The van der Waals surface area contributed by atoms with Crippen molar-refractivity contribution in [2.45, 2.75) is 56.5 Å². The number of anilines is 1. The molecular formula is C40H40N2O3S. The molecule has 0 saturated carbocycles. The summed E-state index contributed by atoms with van der Waals surface area (Å²) >= 11 is 0. The highest BCUT2D eigenvalue weighted by Gasteiger charge is 2.61. The van der Waals surface area contributed by atoms with Gasteiger partial charge in [-0.25, -0.2) is 0 Å². The average molecular weight is 629 g/mol. The van der Waals surface area contributed by atoms with Crippen molar-refractivity contribution < 1.29 is 13.2 Å². The minimum atomic E-state index is -4.04. The second-order valence-corrected chi connectivity index (χ2v) is 13.9. The van der Waals surface area contributed by atoms with Crippen LogP contribution in [0.3, 0.4) is 0 Å². The van der Waals surface area contributed by atoms with Gasteiger partial charge in [0.25, 0.3) is 10.0 Å². The van der Waals surface area contributed by atoms with Crippen molar-refractivity contribution in [1.29, 1.82) is 0 Å². The number of hydrogen-bond donors (Lipinski definition) is 0. The molecule has 2 atom stereocenters. The Balaban J connectivity index is 1.70. The summed E-state index contributed by atoms with van der Waals surface area (Å²) in [5.41, 5.74) is 6.63. The molecule has 5 aromatic carbocycles. The fourth-order valence-corrected chi connectivity index (χ4v) is 7.70. The van der Waals surface area contributed by atoms with Gasteiger partial charge in [0.15, 0.2) is 0 Å². The maximum Gasteiger partial charge on any atom is 0.282 e. The van der Waals surface area contributed by atoms with Crippen LogP contribution in [0, 0.1) is 13.8 Å². The van der Waals surface area contributed by atoms with E-state index in [1.54, 1.807) is 37.6 Å². The molecule has 6 rings (SSSR count). The summed E-state index contributed by atoms with van der Waals surface area (Å²) in [6, 6.07) is 40.4. The number of aryl methyl sites for hydroxylation is 3. The standard InChI is InChI=1S/C40H40N2O3S/c1-6-31-18-20-34(21-19-31)40(28-41-46(43,44)36-23-14-30(3)15-24-36)39(4,33-10-8-7-9-11-33)37-26-35(45-5)22-25-38(37)42(40)27-32-16-12-29(2)13-17-32/h7-26,28H,6,27H2,1-5H3/b41-28+/t39-,40-/m1/s1. The number of fused-ring (bicyclic) bond motifs is 1. The summed E-state index contributed by atoms with van der Waals surface area (Å²) in [7, 11) is -2.37. The summed E-state index contributed by atoms with van der Waals surface area (Å²) in [6.45, 7) is 8.88. The molecule has 234 valence electrons. The highest BCUT2D eigenvalue weighted by Crippen LogP contribution is 2.60. The van der Waals surface area contributed by atoms with E-state index in [4.69, 9.17) is 4.74 Å². The van der Waals surface area contributed by atoms with Crippen molar-refractivity contribution in [3.8, 4) is 5.75 Å². The first kappa shape index (κ1) is 31.3. The van der Waals surface area contributed by atoms with Crippen LogP contribution in [0.25, 0.3) is 0 Å². The normalized spacial score (nSPS) is 19.4. The summed E-state index contributed by atoms with van der Waals surface area (Å²) in [6.07, 6.45) is 2.58. The topological polar surface area (TPSA) is 59.0 Å². The highest BCUT2D eigenvalue weighted by atomic mass is 32.2. The van der Waals surface area contributed by atoms with E-state index in [-0.39, 0.29) is 4.90 Å². The van der Waals surface area contributed by atoms with Gasteiger partial charge >= 0.3 is 0 Å². The first-order chi connectivity index (χ1) is 22.1. The number of hydrogen-bond acceptors (Lipinski definition) is 4. The van der Waals surface area contributed by atoms with Crippen molar-refractivity contribution in [2.24, 2.45) is 4.40 Å². The van der Waals surface area contributed by atoms with E-state index < -0.39 is 21.0 Å². The van der Waals surface area contributed by atoms with Gasteiger partial charge in [0.2, 0.25) is 0 Å². The van der Waals surface area contributed by atoms with Crippen LogP contribution in [-0.4, -0.2) is 21.7 Å². The second-order valence-electron chi connectivity index (χ2n) is 12.3. The molecule has 0 spiro atoms. The average Bonchev–Trinajstić information content (AvgIpc) is 3.29. The maximum atomic E-state index is 14.0. The van der Waals surface area contributed by atoms with E-state index in [2.05, 4.69) is 103 Å². The van der Waals surface area contributed by atoms with Gasteiger partial charge in [0.1, 0.15) is 11.3 Å². The van der Waals surface area contributed by atoms with Gasteiger partial charge in [-0.1, -0.05) is 109 Å². The van der Waals surface area contributed by atoms with E-state index in [0.29, 0.717) is 6.54 Å². The van der Waals surface area contributed by atoms with E-state index >= 15 is 0 Å². The maximum absolute atomic E-state index is 14.0. The molecule has 0 aliphatic carbocycles. The molecule has 0 fully saturated rings. The fraction of sp³-hybridized carbons (Fsp3) is 0.225. The smallest absolute Gasteiger partial charge is 0.282 e. The van der Waals surface area contributed by atoms with Crippen molar-refractivity contribution in [2.75, 3.05) is 12.0 Å². The van der Waals surface area contributed by atoms with Crippen LogP contribution >= 0.6 is 0 Å². The number of ether oxygens (including phenoxy) is 1. The molecule has 0 saturated heterocycles. The molecule has 0 N–H and O–H groups in total. The predicted molar refractivity (Wildman–Crippen MR) is 188 cm³/mol. The Morgan fingerprint density at radius 3 is 1.98 bits per heavy atom. The lowest BCUT2D eigenvalue weighted by Crippen LogP contribution is -2.56. The molecule has 6 heteroatoms. The lowest BCUT2D eigenvalue weighted by atomic mass is 9.62. The van der Waals surface area contributed by atoms with Gasteiger partial charge in [-0.2, -0.15) is 12.8 Å². The SMILES string of the molecule is CCc1ccc([C@@]2(/C=N/S(=O)(=O)c3ccc(C)cc3)N(Cc3ccc(C)cc3)c3ccc(OC)cc3[C@@]2(C)c2ccccc2)cc1. The lowest BCUT2D eigenvalue weighted by Gasteiger charge is -2.48. The Labute approximate surface area is 273 Å². The highest BCUT2D eigenvalue weighted by molar-refractivity contribution is 7.90. The summed E-state index contributed by atoms with van der Waals surface area (Å²) < 4.78 is 38.3. The summed E-state index contributed by atoms with van der Waals surface area (Å²) in [5.74, 6) is 0.734. The van der Waals surface area contributed by atoms with Crippen molar-refractivity contribution in [3.05, 3.63) is 160 Å². The minimum Gasteiger partial charge on any atom is -0.497 e. The number of rotatable bonds is 9. The van der Waals surface area contributed by atoms with Crippen LogP contribution in [0.1, 0.15) is 52.8 Å². The Kier molecular flexibility index (Phi) is 8.34. The Morgan fingerprint density at radius 1 is 0.761 bits per heavy atom. The molecule has 5 nitrogen and oxygen atoms in total. The zero-order valence-corrected chi connectivity index (χ0v) is 27.9. The number of benzene rings is 5. The zero-order valence-electron chi connectivity index (χ0n) is 27.1. The third-order valence-electron chi connectivity index (χ3n) is 9.53. The van der Waals surface area contributed by atoms with Gasteiger partial charge in [0, 0.05) is 18.4 Å². The van der Waals surface area contributed by atoms with Crippen molar-refractivity contribution >= 4 is 21.9 Å². The molecule has 0 bridgehead atoms. The van der Waals surface area contributed by atoms with Gasteiger partial charge < -0.3 is 9.64 Å². The molecule has 0 radical (unpaired) electrons. The third-order valence-corrected chi connectivity index (χ3v) is 10.8. The molecule has 1 heterocycles. The Hall–Kier alpha value is -4.68. The van der Waals surface area contributed by atoms with Crippen LogP contribution in [0.4, 0.5) is 5.69 Å². The first-order valence-electron chi connectivity index (χ1n) is 15.7. The van der Waals surface area contributed by atoms with Crippen LogP contribution in [0.5, 0.6) is 5.75 Å². The van der Waals surface area contributed by atoms with Crippen LogP contribution < -0.4 is 9.64 Å². The monoisotopic (exact) mass is 628 g/mol. The summed E-state index contributed by atoms with van der Waals surface area (Å²) in [5, 5.41) is 0. The molecule has 0 amide bonds. The molecule has 0 aromatic heterocycles. The van der Waals surface area contributed by atoms with Crippen molar-refractivity contribution in [3.63, 3.8) is 0 Å². The third kappa shape index (κ3) is 5.31. The fourth-order valence-electron chi connectivity index (χ4n) is 6.81. The minimum absolute atomic E-state index is 0.162. The Morgan fingerprint density at radius 2 is 1.37 bits per heavy atom. The predicted octanol–water partition coefficient (Wildman–Crippen LogP) is 8.56. The van der Waals surface area contributed by atoms with Gasteiger partial charge in [0.05, 0.1) is 17.4 Å².